The van der Waals surface area contributed by atoms with Gasteiger partial charge >= 0.3 is 0 Å². The highest BCUT2D eigenvalue weighted by Crippen LogP contribution is 2.21. The summed E-state index contributed by atoms with van der Waals surface area (Å²) >= 11 is 3.44. The molecule has 0 fully saturated rings. The molecule has 2 aromatic carbocycles. The lowest BCUT2D eigenvalue weighted by Gasteiger charge is -2.21. The summed E-state index contributed by atoms with van der Waals surface area (Å²) in [5.74, 6) is -0.216. The molecule has 0 aromatic heterocycles. The van der Waals surface area contributed by atoms with E-state index in [0.717, 1.165) is 28.8 Å². The van der Waals surface area contributed by atoms with Gasteiger partial charge in [-0.2, -0.15) is 0 Å². The Morgan fingerprint density at radius 3 is 2.33 bits per heavy atom. The SMILES string of the molecule is CCN(CC)c1ccc(NCc2cc(F)ccc2Br)cc1. The number of hydrogen-bond donors (Lipinski definition) is 1. The number of nitrogens with one attached hydrogen (secondary N) is 1. The lowest BCUT2D eigenvalue weighted by molar-refractivity contribution is 0.625. The molecule has 0 heterocycles. The van der Waals surface area contributed by atoms with Gasteiger partial charge in [0, 0.05) is 35.5 Å². The summed E-state index contributed by atoms with van der Waals surface area (Å²) in [6.07, 6.45) is 0. The van der Waals surface area contributed by atoms with Crippen molar-refractivity contribution in [3.8, 4) is 0 Å². The molecule has 0 aliphatic rings. The molecule has 0 bridgehead atoms. The molecule has 1 N–H and O–H groups in total. The summed E-state index contributed by atoms with van der Waals surface area (Å²) in [4.78, 5) is 2.30. The van der Waals surface area contributed by atoms with Crippen molar-refractivity contribution in [2.45, 2.75) is 20.4 Å². The van der Waals surface area contributed by atoms with Crippen molar-refractivity contribution in [1.29, 1.82) is 0 Å². The normalized spacial score (nSPS) is 10.5. The van der Waals surface area contributed by atoms with Crippen LogP contribution >= 0.6 is 15.9 Å². The standard InChI is InChI=1S/C17H20BrFN2/c1-3-21(4-2)16-8-6-15(7-9-16)20-12-13-11-14(19)5-10-17(13)18/h5-11,20H,3-4,12H2,1-2H3. The third kappa shape index (κ3) is 4.21. The Hall–Kier alpha value is -1.55. The first-order chi connectivity index (χ1) is 10.1. The fourth-order valence-corrected chi connectivity index (χ4v) is 2.64. The number of nitrogens with zero attached hydrogens (tertiary/aromatic N) is 1. The van der Waals surface area contributed by atoms with Crippen molar-refractivity contribution in [3.05, 3.63) is 58.3 Å². The summed E-state index contributed by atoms with van der Waals surface area (Å²) in [7, 11) is 0. The largest absolute Gasteiger partial charge is 0.381 e. The molecule has 2 rings (SSSR count). The van der Waals surface area contributed by atoms with Crippen LogP contribution in [0.2, 0.25) is 0 Å². The summed E-state index contributed by atoms with van der Waals surface area (Å²) in [6, 6.07) is 13.1. The molecule has 4 heteroatoms. The molecule has 0 radical (unpaired) electrons. The average molecular weight is 351 g/mol. The van der Waals surface area contributed by atoms with Gasteiger partial charge in [0.15, 0.2) is 0 Å². The Morgan fingerprint density at radius 1 is 1.05 bits per heavy atom. The molecule has 2 aromatic rings. The first kappa shape index (κ1) is 15.8. The minimum atomic E-state index is -0.216. The summed E-state index contributed by atoms with van der Waals surface area (Å²) in [5.41, 5.74) is 3.15. The van der Waals surface area contributed by atoms with E-state index in [1.54, 1.807) is 12.1 Å². The zero-order chi connectivity index (χ0) is 15.2. The molecule has 0 unspecified atom stereocenters. The fourth-order valence-electron chi connectivity index (χ4n) is 2.25. The van der Waals surface area contributed by atoms with Gasteiger partial charge in [0.25, 0.3) is 0 Å². The topological polar surface area (TPSA) is 15.3 Å². The minimum absolute atomic E-state index is 0.216. The van der Waals surface area contributed by atoms with Gasteiger partial charge in [-0.3, -0.25) is 0 Å². The van der Waals surface area contributed by atoms with E-state index in [1.807, 2.05) is 0 Å². The van der Waals surface area contributed by atoms with Crippen LogP contribution in [0.25, 0.3) is 0 Å². The van der Waals surface area contributed by atoms with E-state index in [9.17, 15) is 4.39 Å². The Kier molecular flexibility index (Phi) is 5.62. The molecule has 0 saturated carbocycles. The van der Waals surface area contributed by atoms with Gasteiger partial charge in [-0.15, -0.1) is 0 Å². The van der Waals surface area contributed by atoms with Gasteiger partial charge in [-0.25, -0.2) is 4.39 Å². The highest BCUT2D eigenvalue weighted by atomic mass is 79.9. The molecule has 112 valence electrons. The molecule has 0 saturated heterocycles. The summed E-state index contributed by atoms with van der Waals surface area (Å²) in [6.45, 7) is 6.89. The maximum Gasteiger partial charge on any atom is 0.123 e. The first-order valence-corrected chi connectivity index (χ1v) is 7.96. The van der Waals surface area contributed by atoms with Crippen LogP contribution in [-0.4, -0.2) is 13.1 Å². The van der Waals surface area contributed by atoms with Gasteiger partial charge in [0.2, 0.25) is 0 Å². The Bertz CT molecular complexity index is 580. The van der Waals surface area contributed by atoms with E-state index in [-0.39, 0.29) is 5.82 Å². The maximum absolute atomic E-state index is 13.2. The molecule has 0 aliphatic carbocycles. The molecular formula is C17H20BrFN2. The van der Waals surface area contributed by atoms with E-state index in [4.69, 9.17) is 0 Å². The van der Waals surface area contributed by atoms with Crippen LogP contribution in [0.3, 0.4) is 0 Å². The molecule has 21 heavy (non-hydrogen) atoms. The molecular weight excluding hydrogens is 331 g/mol. The minimum Gasteiger partial charge on any atom is -0.381 e. The second kappa shape index (κ2) is 7.46. The van der Waals surface area contributed by atoms with Gasteiger partial charge in [0.1, 0.15) is 5.82 Å². The van der Waals surface area contributed by atoms with Crippen molar-refractivity contribution in [2.75, 3.05) is 23.3 Å². The Balaban J connectivity index is 2.02. The molecule has 0 amide bonds. The van der Waals surface area contributed by atoms with Crippen LogP contribution in [0, 0.1) is 5.82 Å². The van der Waals surface area contributed by atoms with E-state index < -0.39 is 0 Å². The van der Waals surface area contributed by atoms with E-state index >= 15 is 0 Å². The Labute approximate surface area is 134 Å². The smallest absolute Gasteiger partial charge is 0.123 e. The number of halogens is 2. The van der Waals surface area contributed by atoms with E-state index in [2.05, 4.69) is 64.3 Å². The van der Waals surface area contributed by atoms with Gasteiger partial charge in [-0.05, 0) is 61.9 Å². The number of rotatable bonds is 6. The molecule has 2 nitrogen and oxygen atoms in total. The fraction of sp³-hybridized carbons (Fsp3) is 0.294. The van der Waals surface area contributed by atoms with Crippen molar-refractivity contribution in [2.24, 2.45) is 0 Å². The van der Waals surface area contributed by atoms with Crippen LogP contribution in [0.15, 0.2) is 46.9 Å². The van der Waals surface area contributed by atoms with Crippen LogP contribution in [-0.2, 0) is 6.54 Å². The highest BCUT2D eigenvalue weighted by molar-refractivity contribution is 9.10. The van der Waals surface area contributed by atoms with Gasteiger partial charge < -0.3 is 10.2 Å². The summed E-state index contributed by atoms with van der Waals surface area (Å²) in [5, 5.41) is 3.32. The second-order valence-electron chi connectivity index (χ2n) is 4.81. The third-order valence-electron chi connectivity index (χ3n) is 3.49. The molecule has 0 spiro atoms. The van der Waals surface area contributed by atoms with E-state index in [0.29, 0.717) is 6.54 Å². The average Bonchev–Trinajstić information content (AvgIpc) is 2.51. The highest BCUT2D eigenvalue weighted by Gasteiger charge is 2.03. The molecule has 0 atom stereocenters. The van der Waals surface area contributed by atoms with Crippen LogP contribution in [0.1, 0.15) is 19.4 Å². The molecule has 0 aliphatic heterocycles. The Morgan fingerprint density at radius 2 is 1.71 bits per heavy atom. The predicted molar refractivity (Wildman–Crippen MR) is 91.4 cm³/mol. The van der Waals surface area contributed by atoms with Crippen molar-refractivity contribution >= 4 is 27.3 Å². The summed E-state index contributed by atoms with van der Waals surface area (Å²) < 4.78 is 14.2. The van der Waals surface area contributed by atoms with Crippen LogP contribution in [0.4, 0.5) is 15.8 Å². The predicted octanol–water partition coefficient (Wildman–Crippen LogP) is 5.05. The van der Waals surface area contributed by atoms with Crippen LogP contribution in [0.5, 0.6) is 0 Å². The maximum atomic E-state index is 13.2. The zero-order valence-electron chi connectivity index (χ0n) is 12.4. The number of benzene rings is 2. The van der Waals surface area contributed by atoms with Crippen molar-refractivity contribution in [1.82, 2.24) is 0 Å². The second-order valence-corrected chi connectivity index (χ2v) is 5.66. The van der Waals surface area contributed by atoms with Gasteiger partial charge in [0.05, 0.1) is 0 Å². The lowest BCUT2D eigenvalue weighted by Crippen LogP contribution is -2.21. The zero-order valence-corrected chi connectivity index (χ0v) is 14.0. The van der Waals surface area contributed by atoms with Crippen molar-refractivity contribution < 1.29 is 4.39 Å². The van der Waals surface area contributed by atoms with Gasteiger partial charge in [-0.1, -0.05) is 15.9 Å². The van der Waals surface area contributed by atoms with E-state index in [1.165, 1.54) is 11.8 Å². The number of hydrogen-bond acceptors (Lipinski definition) is 2. The quantitative estimate of drug-likeness (QED) is 0.784. The first-order valence-electron chi connectivity index (χ1n) is 7.16. The third-order valence-corrected chi connectivity index (χ3v) is 4.26. The lowest BCUT2D eigenvalue weighted by atomic mass is 10.2. The van der Waals surface area contributed by atoms with Crippen LogP contribution < -0.4 is 10.2 Å². The van der Waals surface area contributed by atoms with Crippen molar-refractivity contribution in [3.63, 3.8) is 0 Å². The number of anilines is 2. The monoisotopic (exact) mass is 350 g/mol.